The molecule has 2 amide bonds. The third-order valence-electron chi connectivity index (χ3n) is 6.55. The predicted octanol–water partition coefficient (Wildman–Crippen LogP) is 5.35. The predicted molar refractivity (Wildman–Crippen MR) is 136 cm³/mol. The average Bonchev–Trinajstić information content (AvgIpc) is 2.88. The molecule has 2 atom stereocenters. The van der Waals surface area contributed by atoms with Gasteiger partial charge in [-0.1, -0.05) is 13.3 Å². The molecule has 0 spiro atoms. The molecule has 1 saturated heterocycles. The summed E-state index contributed by atoms with van der Waals surface area (Å²) in [7, 11) is 0. The lowest BCUT2D eigenvalue weighted by atomic mass is 9.93. The molecule has 1 aliphatic rings. The number of ether oxygens (including phenoxy) is 1. The monoisotopic (exact) mass is 574 g/mol. The summed E-state index contributed by atoms with van der Waals surface area (Å²) in [5, 5.41) is 5.00. The number of anilines is 1. The van der Waals surface area contributed by atoms with Crippen molar-refractivity contribution >= 4 is 17.6 Å². The van der Waals surface area contributed by atoms with Crippen LogP contribution in [0.15, 0.2) is 36.5 Å². The molecule has 0 bridgehead atoms. The van der Waals surface area contributed by atoms with Gasteiger partial charge in [-0.3, -0.25) is 9.59 Å². The number of aromatic nitrogens is 1. The fourth-order valence-electron chi connectivity index (χ4n) is 4.55. The van der Waals surface area contributed by atoms with E-state index in [1.54, 1.807) is 6.07 Å². The lowest BCUT2D eigenvalue weighted by Crippen LogP contribution is -2.55. The minimum atomic E-state index is -4.87. The van der Waals surface area contributed by atoms with Gasteiger partial charge in [0.1, 0.15) is 22.9 Å². The molecule has 2 heterocycles. The quantitative estimate of drug-likeness (QED) is 0.374. The van der Waals surface area contributed by atoms with E-state index >= 15 is 0 Å². The van der Waals surface area contributed by atoms with Gasteiger partial charge in [-0.05, 0) is 63.4 Å². The number of hydrogen-bond acceptors (Lipinski definition) is 5. The number of benzene rings is 1. The van der Waals surface area contributed by atoms with Crippen molar-refractivity contribution < 1.29 is 40.7 Å². The maximum absolute atomic E-state index is 13.5. The molecule has 0 aliphatic carbocycles. The molecule has 1 aliphatic heterocycles. The number of carbonyl (C=O) groups is 2. The number of amides is 2. The number of rotatable bonds is 10. The van der Waals surface area contributed by atoms with Crippen molar-refractivity contribution in [2.45, 2.75) is 76.7 Å². The first-order chi connectivity index (χ1) is 18.7. The van der Waals surface area contributed by atoms with E-state index in [0.29, 0.717) is 31.3 Å². The van der Waals surface area contributed by atoms with Gasteiger partial charge in [-0.15, -0.1) is 0 Å². The molecule has 7 nitrogen and oxygen atoms in total. The van der Waals surface area contributed by atoms with Crippen LogP contribution in [-0.2, 0) is 11.0 Å². The van der Waals surface area contributed by atoms with Crippen LogP contribution < -0.4 is 20.3 Å². The van der Waals surface area contributed by atoms with Gasteiger partial charge in [-0.25, -0.2) is 18.2 Å². The fourth-order valence-corrected chi connectivity index (χ4v) is 4.55. The lowest BCUT2D eigenvalue weighted by Gasteiger charge is -2.41. The Balaban J connectivity index is 1.66. The normalized spacial score (nSPS) is 18.0. The van der Waals surface area contributed by atoms with E-state index < -0.39 is 53.7 Å². The molecule has 2 aromatic rings. The van der Waals surface area contributed by atoms with Gasteiger partial charge < -0.3 is 20.3 Å². The number of halogens is 6. The largest absolute Gasteiger partial charge is 0.477 e. The Kier molecular flexibility index (Phi) is 9.91. The van der Waals surface area contributed by atoms with Crippen LogP contribution in [0.25, 0.3) is 0 Å². The van der Waals surface area contributed by atoms with Crippen LogP contribution in [0, 0.1) is 5.82 Å². The average molecular weight is 575 g/mol. The number of piperidine rings is 1. The van der Waals surface area contributed by atoms with E-state index in [-0.39, 0.29) is 17.6 Å². The Bertz CT molecular complexity index is 1170. The second kappa shape index (κ2) is 12.8. The van der Waals surface area contributed by atoms with E-state index in [0.717, 1.165) is 25.0 Å². The van der Waals surface area contributed by atoms with Crippen molar-refractivity contribution in [1.29, 1.82) is 0 Å². The van der Waals surface area contributed by atoms with Crippen molar-refractivity contribution in [3.05, 3.63) is 53.5 Å². The van der Waals surface area contributed by atoms with Gasteiger partial charge in [0.15, 0.2) is 5.60 Å². The molecular formula is C27H32F6N4O3. The molecule has 220 valence electrons. The van der Waals surface area contributed by atoms with Gasteiger partial charge in [-0.2, -0.15) is 13.2 Å². The van der Waals surface area contributed by atoms with E-state index in [1.165, 1.54) is 26.1 Å². The number of nitrogens with one attached hydrogen (secondary N) is 2. The fraction of sp³-hybridized carbons (Fsp3) is 0.519. The third kappa shape index (κ3) is 8.01. The molecule has 3 rings (SSSR count). The Morgan fingerprint density at radius 2 is 1.90 bits per heavy atom. The maximum atomic E-state index is 13.5. The van der Waals surface area contributed by atoms with Crippen LogP contribution in [0.1, 0.15) is 62.4 Å². The summed E-state index contributed by atoms with van der Waals surface area (Å²) in [6, 6.07) is 4.82. The number of carbonyl (C=O) groups excluding carboxylic acids is 2. The summed E-state index contributed by atoms with van der Waals surface area (Å²) in [5.41, 5.74) is -2.84. The highest BCUT2D eigenvalue weighted by Gasteiger charge is 2.39. The summed E-state index contributed by atoms with van der Waals surface area (Å²) in [4.78, 5) is 31.5. The van der Waals surface area contributed by atoms with Crippen molar-refractivity contribution in [2.75, 3.05) is 18.0 Å². The van der Waals surface area contributed by atoms with E-state index in [4.69, 9.17) is 4.74 Å². The SMILES string of the molecule is CCCC1CC(NC(=O)C(C)(C)Oc2ccc(F)cc2C(F)(F)F)CCN1c1ccc(C(=O)NCC(F)F)cn1. The molecule has 1 fully saturated rings. The summed E-state index contributed by atoms with van der Waals surface area (Å²) < 4.78 is 83.8. The topological polar surface area (TPSA) is 83.6 Å². The van der Waals surface area contributed by atoms with Gasteiger partial charge in [0.2, 0.25) is 0 Å². The van der Waals surface area contributed by atoms with Crippen LogP contribution in [0.3, 0.4) is 0 Å². The van der Waals surface area contributed by atoms with Crippen LogP contribution in [-0.4, -0.2) is 54.0 Å². The third-order valence-corrected chi connectivity index (χ3v) is 6.55. The summed E-state index contributed by atoms with van der Waals surface area (Å²) in [5.74, 6) is -2.40. The zero-order valence-corrected chi connectivity index (χ0v) is 22.3. The number of nitrogens with zero attached hydrogens (tertiary/aromatic N) is 2. The van der Waals surface area contributed by atoms with Crippen molar-refractivity contribution in [2.24, 2.45) is 0 Å². The van der Waals surface area contributed by atoms with E-state index in [2.05, 4.69) is 15.6 Å². The Labute approximate surface area is 228 Å². The molecular weight excluding hydrogens is 542 g/mol. The highest BCUT2D eigenvalue weighted by molar-refractivity contribution is 5.94. The maximum Gasteiger partial charge on any atom is 0.420 e. The molecule has 2 unspecified atom stereocenters. The zero-order valence-electron chi connectivity index (χ0n) is 22.3. The molecule has 0 radical (unpaired) electrons. The molecule has 0 saturated carbocycles. The molecule has 2 N–H and O–H groups in total. The second-order valence-electron chi connectivity index (χ2n) is 10.1. The van der Waals surface area contributed by atoms with Crippen molar-refractivity contribution in [1.82, 2.24) is 15.6 Å². The van der Waals surface area contributed by atoms with Gasteiger partial charge in [0.25, 0.3) is 18.2 Å². The van der Waals surface area contributed by atoms with Crippen LogP contribution in [0.5, 0.6) is 5.75 Å². The standard InChI is InChI=1S/C27H32F6N4O3/c1-4-5-19-13-18(10-11-37(19)23-9-6-16(14-34-23)24(38)35-15-22(29)30)36-25(39)26(2,3)40-21-8-7-17(28)12-20(21)27(31,32)33/h6-9,12,14,18-19,22H,4-5,10-11,13,15H2,1-3H3,(H,35,38)(H,36,39). The first kappa shape index (κ1) is 31.0. The minimum absolute atomic E-state index is 0.0342. The van der Waals surface area contributed by atoms with Crippen LogP contribution >= 0.6 is 0 Å². The van der Waals surface area contributed by atoms with Crippen LogP contribution in [0.2, 0.25) is 0 Å². The van der Waals surface area contributed by atoms with Crippen molar-refractivity contribution in [3.8, 4) is 5.75 Å². The number of hydrogen-bond donors (Lipinski definition) is 2. The number of pyridine rings is 1. The smallest absolute Gasteiger partial charge is 0.420 e. The van der Waals surface area contributed by atoms with Gasteiger partial charge in [0, 0.05) is 24.8 Å². The van der Waals surface area contributed by atoms with Crippen LogP contribution in [0.4, 0.5) is 32.2 Å². The Morgan fingerprint density at radius 3 is 2.50 bits per heavy atom. The first-order valence-corrected chi connectivity index (χ1v) is 12.9. The molecule has 1 aromatic heterocycles. The Hall–Kier alpha value is -3.51. The Morgan fingerprint density at radius 1 is 1.18 bits per heavy atom. The molecule has 40 heavy (non-hydrogen) atoms. The van der Waals surface area contributed by atoms with Gasteiger partial charge in [0.05, 0.1) is 12.1 Å². The van der Waals surface area contributed by atoms with E-state index in [9.17, 15) is 35.9 Å². The highest BCUT2D eigenvalue weighted by Crippen LogP contribution is 2.38. The molecule has 1 aromatic carbocycles. The lowest BCUT2D eigenvalue weighted by molar-refractivity contribution is -0.144. The van der Waals surface area contributed by atoms with Gasteiger partial charge >= 0.3 is 6.18 Å². The van der Waals surface area contributed by atoms with E-state index in [1.807, 2.05) is 11.8 Å². The first-order valence-electron chi connectivity index (χ1n) is 12.9. The highest BCUT2D eigenvalue weighted by atomic mass is 19.4. The summed E-state index contributed by atoms with van der Waals surface area (Å²) >= 11 is 0. The zero-order chi connectivity index (χ0) is 29.7. The summed E-state index contributed by atoms with van der Waals surface area (Å²) in [6.07, 6.45) is -3.60. The van der Waals surface area contributed by atoms with Crippen molar-refractivity contribution in [3.63, 3.8) is 0 Å². The number of alkyl halides is 5. The summed E-state index contributed by atoms with van der Waals surface area (Å²) in [6.45, 7) is 4.42. The second-order valence-corrected chi connectivity index (χ2v) is 10.1. The molecule has 13 heteroatoms. The minimum Gasteiger partial charge on any atom is -0.477 e.